The van der Waals surface area contributed by atoms with Gasteiger partial charge in [0.1, 0.15) is 5.54 Å². The molecule has 5 nitrogen and oxygen atoms in total. The van der Waals surface area contributed by atoms with Crippen molar-refractivity contribution in [1.82, 2.24) is 10.6 Å². The highest BCUT2D eigenvalue weighted by atomic mass is 19.4. The molecule has 108 valence electrons. The first kappa shape index (κ1) is 14.0. The first-order valence-corrected chi connectivity index (χ1v) is 6.07. The van der Waals surface area contributed by atoms with E-state index in [9.17, 15) is 22.8 Å². The van der Waals surface area contributed by atoms with Gasteiger partial charge >= 0.3 is 18.2 Å². The summed E-state index contributed by atoms with van der Waals surface area (Å²) in [6.45, 7) is -0.137. The molecule has 0 saturated heterocycles. The molecule has 2 fully saturated rings. The smallest absolute Gasteiger partial charge is 0.411 e. The van der Waals surface area contributed by atoms with Gasteiger partial charge in [-0.15, -0.1) is 0 Å². The summed E-state index contributed by atoms with van der Waals surface area (Å²) >= 11 is 0. The molecule has 0 radical (unpaired) electrons. The molecule has 0 atom stereocenters. The van der Waals surface area contributed by atoms with E-state index in [4.69, 9.17) is 5.11 Å². The molecule has 0 spiro atoms. The topological polar surface area (TPSA) is 78.4 Å². The maximum absolute atomic E-state index is 12.6. The second kappa shape index (κ2) is 4.28. The number of carbonyl (C=O) groups excluding carboxylic acids is 1. The van der Waals surface area contributed by atoms with Crippen molar-refractivity contribution in [3.05, 3.63) is 0 Å². The molecule has 3 N–H and O–H groups in total. The molecule has 2 aliphatic rings. The van der Waals surface area contributed by atoms with Crippen LogP contribution in [0.5, 0.6) is 0 Å². The number of urea groups is 1. The number of hydrogen-bond donors (Lipinski definition) is 3. The fraction of sp³-hybridized carbons (Fsp3) is 0.818. The molecule has 8 heteroatoms. The lowest BCUT2D eigenvalue weighted by atomic mass is 9.69. The highest BCUT2D eigenvalue weighted by molar-refractivity contribution is 5.79. The summed E-state index contributed by atoms with van der Waals surface area (Å²) in [7, 11) is 0. The van der Waals surface area contributed by atoms with Crippen LogP contribution < -0.4 is 10.6 Å². The van der Waals surface area contributed by atoms with E-state index >= 15 is 0 Å². The number of rotatable bonds is 4. The van der Waals surface area contributed by atoms with Crippen LogP contribution in [0.15, 0.2) is 0 Å². The van der Waals surface area contributed by atoms with Crippen LogP contribution in [-0.2, 0) is 4.79 Å². The molecule has 0 aromatic heterocycles. The first-order valence-electron chi connectivity index (χ1n) is 6.07. The van der Waals surface area contributed by atoms with Crippen molar-refractivity contribution < 1.29 is 27.9 Å². The largest absolute Gasteiger partial charge is 0.481 e. The lowest BCUT2D eigenvalue weighted by molar-refractivity contribution is -0.163. The van der Waals surface area contributed by atoms with Gasteiger partial charge in [0.15, 0.2) is 0 Å². The van der Waals surface area contributed by atoms with Crippen LogP contribution in [0.3, 0.4) is 0 Å². The van der Waals surface area contributed by atoms with Crippen molar-refractivity contribution >= 4 is 12.0 Å². The Morgan fingerprint density at radius 3 is 2.05 bits per heavy atom. The Morgan fingerprint density at radius 1 is 1.16 bits per heavy atom. The molecular formula is C11H15F3N2O3. The van der Waals surface area contributed by atoms with Gasteiger partial charge in [-0.3, -0.25) is 4.79 Å². The SMILES string of the molecule is O=C(NCC1(C(=O)O)CCC1)NC1(C(F)(F)F)CC1. The van der Waals surface area contributed by atoms with Crippen molar-refractivity contribution in [2.24, 2.45) is 5.41 Å². The summed E-state index contributed by atoms with van der Waals surface area (Å²) in [6.07, 6.45) is -3.10. The lowest BCUT2D eigenvalue weighted by Crippen LogP contribution is -2.55. The zero-order valence-electron chi connectivity index (χ0n) is 10.1. The number of halogens is 3. The zero-order chi connectivity index (χ0) is 14.3. The van der Waals surface area contributed by atoms with Gasteiger partial charge in [-0.2, -0.15) is 13.2 Å². The Kier molecular flexibility index (Phi) is 3.14. The molecule has 2 aliphatic carbocycles. The summed E-state index contributed by atoms with van der Waals surface area (Å²) in [5, 5.41) is 13.2. The van der Waals surface area contributed by atoms with Crippen LogP contribution >= 0.6 is 0 Å². The van der Waals surface area contributed by atoms with Crippen LogP contribution in [0, 0.1) is 5.41 Å². The third-order valence-electron chi connectivity index (χ3n) is 4.00. The maximum atomic E-state index is 12.6. The van der Waals surface area contributed by atoms with E-state index in [0.29, 0.717) is 12.8 Å². The van der Waals surface area contributed by atoms with Crippen molar-refractivity contribution in [2.45, 2.75) is 43.8 Å². The minimum absolute atomic E-state index is 0.131. The normalized spacial score (nSPS) is 23.1. The van der Waals surface area contributed by atoms with Gasteiger partial charge in [-0.25, -0.2) is 4.79 Å². The standard InChI is InChI=1S/C11H15F3N2O3/c12-11(13,14)10(4-5-10)16-8(19)15-6-9(7(17)18)2-1-3-9/h1-6H2,(H,17,18)(H2,15,16,19). The maximum Gasteiger partial charge on any atom is 0.411 e. The van der Waals surface area contributed by atoms with Crippen molar-refractivity contribution in [2.75, 3.05) is 6.54 Å². The van der Waals surface area contributed by atoms with Gasteiger partial charge < -0.3 is 15.7 Å². The van der Waals surface area contributed by atoms with E-state index in [0.717, 1.165) is 6.42 Å². The van der Waals surface area contributed by atoms with Gasteiger partial charge in [0.05, 0.1) is 5.41 Å². The van der Waals surface area contributed by atoms with Gasteiger partial charge in [0.25, 0.3) is 0 Å². The van der Waals surface area contributed by atoms with E-state index in [-0.39, 0.29) is 19.4 Å². The summed E-state index contributed by atoms with van der Waals surface area (Å²) in [5.74, 6) is -1.02. The van der Waals surface area contributed by atoms with Crippen molar-refractivity contribution in [1.29, 1.82) is 0 Å². The van der Waals surface area contributed by atoms with Crippen molar-refractivity contribution in [3.63, 3.8) is 0 Å². The van der Waals surface area contributed by atoms with E-state index in [1.54, 1.807) is 0 Å². The Hall–Kier alpha value is -1.47. The molecule has 0 heterocycles. The molecule has 0 unspecified atom stereocenters. The number of nitrogens with one attached hydrogen (secondary N) is 2. The summed E-state index contributed by atoms with van der Waals surface area (Å²) in [5.41, 5.74) is -3.13. The molecule has 2 saturated carbocycles. The Balaban J connectivity index is 1.84. The van der Waals surface area contributed by atoms with Crippen LogP contribution in [-0.4, -0.2) is 35.4 Å². The second-order valence-corrected chi connectivity index (χ2v) is 5.33. The second-order valence-electron chi connectivity index (χ2n) is 5.33. The number of carboxylic acids is 1. The lowest BCUT2D eigenvalue weighted by Gasteiger charge is -2.37. The van der Waals surface area contributed by atoms with Gasteiger partial charge in [-0.05, 0) is 25.7 Å². The molecule has 0 bridgehead atoms. The predicted octanol–water partition coefficient (Wildman–Crippen LogP) is 1.64. The van der Waals surface area contributed by atoms with Crippen LogP contribution in [0.4, 0.5) is 18.0 Å². The van der Waals surface area contributed by atoms with Gasteiger partial charge in [0.2, 0.25) is 0 Å². The molecule has 19 heavy (non-hydrogen) atoms. The molecule has 0 aliphatic heterocycles. The minimum atomic E-state index is -4.47. The van der Waals surface area contributed by atoms with E-state index in [2.05, 4.69) is 5.32 Å². The Morgan fingerprint density at radius 2 is 1.74 bits per heavy atom. The third kappa shape index (κ3) is 2.48. The number of carbonyl (C=O) groups is 2. The number of amides is 2. The van der Waals surface area contributed by atoms with Crippen LogP contribution in [0.2, 0.25) is 0 Å². The quantitative estimate of drug-likeness (QED) is 0.732. The number of alkyl halides is 3. The van der Waals surface area contributed by atoms with Crippen LogP contribution in [0.25, 0.3) is 0 Å². The average Bonchev–Trinajstić information content (AvgIpc) is 2.95. The van der Waals surface area contributed by atoms with E-state index < -0.39 is 29.1 Å². The first-order chi connectivity index (χ1) is 8.71. The zero-order valence-corrected chi connectivity index (χ0v) is 10.1. The predicted molar refractivity (Wildman–Crippen MR) is 58.5 cm³/mol. The number of carboxylic acid groups (broad SMARTS) is 1. The summed E-state index contributed by atoms with van der Waals surface area (Å²) < 4.78 is 37.8. The fourth-order valence-electron chi connectivity index (χ4n) is 2.19. The van der Waals surface area contributed by atoms with Crippen LogP contribution in [0.1, 0.15) is 32.1 Å². The van der Waals surface area contributed by atoms with E-state index in [1.165, 1.54) is 0 Å². The minimum Gasteiger partial charge on any atom is -0.481 e. The Labute approximate surface area is 107 Å². The van der Waals surface area contributed by atoms with Gasteiger partial charge in [0, 0.05) is 6.54 Å². The van der Waals surface area contributed by atoms with Crippen molar-refractivity contribution in [3.8, 4) is 0 Å². The number of hydrogen-bond acceptors (Lipinski definition) is 2. The highest BCUT2D eigenvalue weighted by Crippen LogP contribution is 2.48. The molecule has 0 aromatic carbocycles. The fourth-order valence-corrected chi connectivity index (χ4v) is 2.19. The van der Waals surface area contributed by atoms with Gasteiger partial charge in [-0.1, -0.05) is 6.42 Å². The Bertz CT molecular complexity index is 400. The van der Waals surface area contributed by atoms with E-state index in [1.807, 2.05) is 5.32 Å². The highest BCUT2D eigenvalue weighted by Gasteiger charge is 2.64. The summed E-state index contributed by atoms with van der Waals surface area (Å²) in [4.78, 5) is 22.5. The molecule has 2 amide bonds. The summed E-state index contributed by atoms with van der Waals surface area (Å²) in [6, 6.07) is -0.956. The molecule has 2 rings (SSSR count). The monoisotopic (exact) mass is 280 g/mol. The number of aliphatic carboxylic acids is 1. The molecular weight excluding hydrogens is 265 g/mol. The third-order valence-corrected chi connectivity index (χ3v) is 4.00. The average molecular weight is 280 g/mol. The molecule has 0 aromatic rings.